The molecule has 1 aromatic heterocycles. The first kappa shape index (κ1) is 15.1. The minimum Gasteiger partial charge on any atom is -0.434 e. The van der Waals surface area contributed by atoms with Gasteiger partial charge in [-0.25, -0.2) is 15.8 Å². The summed E-state index contributed by atoms with van der Waals surface area (Å²) in [7, 11) is 0. The van der Waals surface area contributed by atoms with E-state index in [1.54, 1.807) is 18.2 Å². The van der Waals surface area contributed by atoms with E-state index in [-0.39, 0.29) is 11.6 Å². The van der Waals surface area contributed by atoms with Gasteiger partial charge in [0.25, 0.3) is 0 Å². The number of ether oxygens (including phenoxy) is 1. The number of benzene rings is 1. The fourth-order valence-electron chi connectivity index (χ4n) is 2.11. The van der Waals surface area contributed by atoms with Gasteiger partial charge >= 0.3 is 6.61 Å². The summed E-state index contributed by atoms with van der Waals surface area (Å²) in [5, 5.41) is 0. The van der Waals surface area contributed by atoms with Crippen LogP contribution in [0.15, 0.2) is 24.3 Å². The molecular formula is C14H16F2N4O. The Morgan fingerprint density at radius 2 is 2.00 bits per heavy atom. The Bertz CT molecular complexity index is 634. The van der Waals surface area contributed by atoms with Gasteiger partial charge < -0.3 is 10.2 Å². The molecule has 0 aliphatic heterocycles. The van der Waals surface area contributed by atoms with Crippen LogP contribution in [0.25, 0.3) is 11.4 Å². The summed E-state index contributed by atoms with van der Waals surface area (Å²) in [5.74, 6) is 6.26. The van der Waals surface area contributed by atoms with E-state index in [4.69, 9.17) is 5.84 Å². The second-order valence-electron chi connectivity index (χ2n) is 4.33. The zero-order chi connectivity index (χ0) is 15.4. The molecule has 1 heterocycles. The zero-order valence-corrected chi connectivity index (χ0v) is 11.7. The Balaban J connectivity index is 2.54. The van der Waals surface area contributed by atoms with Crippen LogP contribution < -0.4 is 16.0 Å². The summed E-state index contributed by atoms with van der Waals surface area (Å²) in [6.45, 7) is 0.871. The predicted octanol–water partition coefficient (Wildman–Crippen LogP) is 2.90. The monoisotopic (exact) mass is 294 g/mol. The number of hydrogen-bond donors (Lipinski definition) is 2. The number of anilines is 1. The van der Waals surface area contributed by atoms with E-state index in [0.29, 0.717) is 17.8 Å². The highest BCUT2D eigenvalue weighted by atomic mass is 19.3. The molecule has 0 aliphatic carbocycles. The Labute approximate surface area is 121 Å². The van der Waals surface area contributed by atoms with Crippen molar-refractivity contribution in [3.05, 3.63) is 35.5 Å². The molecule has 7 heteroatoms. The molecule has 3 N–H and O–H groups in total. The summed E-state index contributed by atoms with van der Waals surface area (Å²) in [6.07, 6.45) is 0.709. The highest BCUT2D eigenvalue weighted by molar-refractivity contribution is 5.66. The molecule has 0 amide bonds. The molecule has 0 saturated carbocycles. The number of aromatic nitrogens is 2. The van der Waals surface area contributed by atoms with E-state index in [2.05, 4.69) is 20.1 Å². The summed E-state index contributed by atoms with van der Waals surface area (Å²) >= 11 is 0. The third kappa shape index (κ3) is 3.25. The third-order valence-electron chi connectivity index (χ3n) is 3.05. The van der Waals surface area contributed by atoms with Crippen molar-refractivity contribution < 1.29 is 13.5 Å². The van der Waals surface area contributed by atoms with Crippen molar-refractivity contribution in [2.75, 3.05) is 5.43 Å². The number of aryl methyl sites for hydroxylation is 1. The molecule has 21 heavy (non-hydrogen) atoms. The average Bonchev–Trinajstić information content (AvgIpc) is 2.46. The molecule has 112 valence electrons. The molecular weight excluding hydrogens is 278 g/mol. The van der Waals surface area contributed by atoms with Crippen molar-refractivity contribution in [2.45, 2.75) is 26.9 Å². The quantitative estimate of drug-likeness (QED) is 0.655. The highest BCUT2D eigenvalue weighted by Gasteiger charge is 2.16. The van der Waals surface area contributed by atoms with Gasteiger partial charge in [0.15, 0.2) is 5.82 Å². The molecule has 5 nitrogen and oxygen atoms in total. The zero-order valence-electron chi connectivity index (χ0n) is 11.7. The Hall–Kier alpha value is -2.28. The molecule has 2 aromatic rings. The van der Waals surface area contributed by atoms with E-state index in [1.807, 2.05) is 13.8 Å². The summed E-state index contributed by atoms with van der Waals surface area (Å²) in [5.41, 5.74) is 4.53. The number of rotatable bonds is 5. The summed E-state index contributed by atoms with van der Waals surface area (Å²) in [6, 6.07) is 6.38. The maximum absolute atomic E-state index is 12.5. The van der Waals surface area contributed by atoms with Crippen LogP contribution >= 0.6 is 0 Å². The number of alkyl halides is 2. The van der Waals surface area contributed by atoms with Gasteiger partial charge in [-0.3, -0.25) is 0 Å². The number of nitrogens with two attached hydrogens (primary N) is 1. The van der Waals surface area contributed by atoms with Crippen molar-refractivity contribution >= 4 is 5.82 Å². The lowest BCUT2D eigenvalue weighted by Gasteiger charge is -2.13. The fraction of sp³-hybridized carbons (Fsp3) is 0.286. The van der Waals surface area contributed by atoms with Crippen LogP contribution in [0.5, 0.6) is 5.75 Å². The van der Waals surface area contributed by atoms with Crippen LogP contribution in [-0.2, 0) is 6.42 Å². The van der Waals surface area contributed by atoms with Gasteiger partial charge in [-0.2, -0.15) is 8.78 Å². The minimum absolute atomic E-state index is 0.0270. The van der Waals surface area contributed by atoms with Gasteiger partial charge in [0, 0.05) is 11.3 Å². The number of nitrogen functional groups attached to an aromatic ring is 1. The molecule has 0 unspecified atom stereocenters. The molecule has 0 spiro atoms. The van der Waals surface area contributed by atoms with Crippen molar-refractivity contribution in [2.24, 2.45) is 5.84 Å². The van der Waals surface area contributed by atoms with E-state index in [0.717, 1.165) is 11.3 Å². The summed E-state index contributed by atoms with van der Waals surface area (Å²) in [4.78, 5) is 8.65. The number of halogens is 2. The van der Waals surface area contributed by atoms with Crippen molar-refractivity contribution in [1.82, 2.24) is 9.97 Å². The van der Waals surface area contributed by atoms with Crippen LogP contribution in [0.3, 0.4) is 0 Å². The SMILES string of the molecule is CCc1c(C)nc(-c2ccccc2OC(F)F)nc1NN. The van der Waals surface area contributed by atoms with Crippen molar-refractivity contribution in [3.8, 4) is 17.1 Å². The topological polar surface area (TPSA) is 73.1 Å². The van der Waals surface area contributed by atoms with Crippen LogP contribution in [0, 0.1) is 6.92 Å². The number of hydrazine groups is 1. The minimum atomic E-state index is -2.91. The van der Waals surface area contributed by atoms with Crippen LogP contribution in [0.1, 0.15) is 18.2 Å². The van der Waals surface area contributed by atoms with E-state index in [9.17, 15) is 8.78 Å². The van der Waals surface area contributed by atoms with Gasteiger partial charge in [-0.15, -0.1) is 0 Å². The van der Waals surface area contributed by atoms with E-state index >= 15 is 0 Å². The summed E-state index contributed by atoms with van der Waals surface area (Å²) < 4.78 is 29.4. The standard InChI is InChI=1S/C14H16F2N4O/c1-3-9-8(2)18-12(19-13(9)20-17)10-6-4-5-7-11(10)21-14(15)16/h4-7,14H,3,17H2,1-2H3,(H,18,19,20). The van der Waals surface area contributed by atoms with Gasteiger partial charge in [0.1, 0.15) is 11.6 Å². The number of nitrogens with one attached hydrogen (secondary N) is 1. The van der Waals surface area contributed by atoms with Crippen molar-refractivity contribution in [1.29, 1.82) is 0 Å². The fourth-order valence-corrected chi connectivity index (χ4v) is 2.11. The molecule has 0 atom stereocenters. The van der Waals surface area contributed by atoms with Gasteiger partial charge in [0.2, 0.25) is 0 Å². The maximum Gasteiger partial charge on any atom is 0.387 e. The van der Waals surface area contributed by atoms with Gasteiger partial charge in [0.05, 0.1) is 5.56 Å². The number of nitrogens with zero attached hydrogens (tertiary/aromatic N) is 2. The van der Waals surface area contributed by atoms with Gasteiger partial charge in [-0.05, 0) is 25.5 Å². The lowest BCUT2D eigenvalue weighted by Crippen LogP contribution is -2.14. The van der Waals surface area contributed by atoms with E-state index < -0.39 is 6.61 Å². The second-order valence-corrected chi connectivity index (χ2v) is 4.33. The molecule has 2 rings (SSSR count). The number of para-hydroxylation sites is 1. The van der Waals surface area contributed by atoms with Gasteiger partial charge in [-0.1, -0.05) is 19.1 Å². The lowest BCUT2D eigenvalue weighted by molar-refractivity contribution is -0.0494. The smallest absolute Gasteiger partial charge is 0.387 e. The average molecular weight is 294 g/mol. The Morgan fingerprint density at radius 3 is 2.62 bits per heavy atom. The van der Waals surface area contributed by atoms with Crippen LogP contribution in [-0.4, -0.2) is 16.6 Å². The molecule has 0 saturated heterocycles. The normalized spacial score (nSPS) is 10.8. The molecule has 0 radical (unpaired) electrons. The lowest BCUT2D eigenvalue weighted by atomic mass is 10.1. The highest BCUT2D eigenvalue weighted by Crippen LogP contribution is 2.30. The molecule has 0 bridgehead atoms. The Kier molecular flexibility index (Phi) is 4.64. The van der Waals surface area contributed by atoms with Crippen LogP contribution in [0.4, 0.5) is 14.6 Å². The largest absolute Gasteiger partial charge is 0.434 e. The van der Waals surface area contributed by atoms with E-state index in [1.165, 1.54) is 6.07 Å². The van der Waals surface area contributed by atoms with Crippen molar-refractivity contribution in [3.63, 3.8) is 0 Å². The first-order chi connectivity index (χ1) is 10.1. The second kappa shape index (κ2) is 6.45. The molecule has 0 aliphatic rings. The third-order valence-corrected chi connectivity index (χ3v) is 3.05. The molecule has 1 aromatic carbocycles. The molecule has 0 fully saturated rings. The number of hydrogen-bond acceptors (Lipinski definition) is 5. The first-order valence-corrected chi connectivity index (χ1v) is 6.45. The first-order valence-electron chi connectivity index (χ1n) is 6.45. The maximum atomic E-state index is 12.5. The Morgan fingerprint density at radius 1 is 1.29 bits per heavy atom. The van der Waals surface area contributed by atoms with Crippen LogP contribution in [0.2, 0.25) is 0 Å². The predicted molar refractivity (Wildman–Crippen MR) is 76.0 cm³/mol.